The minimum atomic E-state index is -0.391. The number of aromatic amines is 1. The maximum Gasteiger partial charge on any atom is 0.274 e. The zero-order chi connectivity index (χ0) is 21.8. The van der Waals surface area contributed by atoms with E-state index in [1.807, 2.05) is 0 Å². The Balaban J connectivity index is 1.66. The summed E-state index contributed by atoms with van der Waals surface area (Å²) in [6.07, 6.45) is 0.321. The first-order valence-electron chi connectivity index (χ1n) is 9.18. The number of carbonyl (C=O) groups excluding carboxylic acids is 2. The van der Waals surface area contributed by atoms with Gasteiger partial charge in [-0.2, -0.15) is 0 Å². The van der Waals surface area contributed by atoms with Crippen LogP contribution in [0.1, 0.15) is 24.6 Å². The molecule has 156 valence electrons. The van der Waals surface area contributed by atoms with Crippen molar-refractivity contribution < 1.29 is 14.0 Å². The van der Waals surface area contributed by atoms with Crippen molar-refractivity contribution in [3.8, 4) is 5.69 Å². The zero-order valence-electron chi connectivity index (χ0n) is 16.4. The summed E-state index contributed by atoms with van der Waals surface area (Å²) in [5.41, 5.74) is 2.28. The van der Waals surface area contributed by atoms with E-state index in [2.05, 4.69) is 15.7 Å². The highest BCUT2D eigenvalue weighted by Gasteiger charge is 2.14. The van der Waals surface area contributed by atoms with Gasteiger partial charge in [0.25, 0.3) is 5.56 Å². The third-order valence-corrected chi connectivity index (χ3v) is 4.76. The molecule has 7 nitrogen and oxygen atoms in total. The average Bonchev–Trinajstić information content (AvgIpc) is 2.96. The van der Waals surface area contributed by atoms with Crippen molar-refractivity contribution in [3.05, 3.63) is 74.9 Å². The number of aromatic nitrogens is 2. The first kappa shape index (κ1) is 21.3. The Morgan fingerprint density at radius 2 is 1.83 bits per heavy atom. The molecule has 3 rings (SSSR count). The standard InChI is InChI=1S/C21H20ClFN4O3/c1-12-17(21(30)27(26-12)16-6-3-14(23)4-7-16)8-10-20(29)25-15-5-9-19(18(22)11-15)24-13(2)28/h3-7,9,11,26H,8,10H2,1-2H3,(H,24,28)(H,25,29). The second-order valence-electron chi connectivity index (χ2n) is 6.76. The van der Waals surface area contributed by atoms with Gasteiger partial charge < -0.3 is 10.6 Å². The minimum absolute atomic E-state index is 0.0857. The molecule has 0 saturated heterocycles. The number of H-pyrrole nitrogens is 1. The summed E-state index contributed by atoms with van der Waals surface area (Å²) < 4.78 is 14.4. The van der Waals surface area contributed by atoms with E-state index >= 15 is 0 Å². The third-order valence-electron chi connectivity index (χ3n) is 4.44. The lowest BCUT2D eigenvalue weighted by molar-refractivity contribution is -0.116. The van der Waals surface area contributed by atoms with Crippen LogP contribution >= 0.6 is 11.6 Å². The number of nitrogens with zero attached hydrogens (tertiary/aromatic N) is 1. The van der Waals surface area contributed by atoms with Gasteiger partial charge in [-0.15, -0.1) is 0 Å². The van der Waals surface area contributed by atoms with E-state index < -0.39 is 5.82 Å². The Hall–Kier alpha value is -3.39. The van der Waals surface area contributed by atoms with E-state index in [1.165, 1.54) is 41.9 Å². The van der Waals surface area contributed by atoms with E-state index in [-0.39, 0.29) is 30.2 Å². The summed E-state index contributed by atoms with van der Waals surface area (Å²) in [6.45, 7) is 3.12. The van der Waals surface area contributed by atoms with Crippen molar-refractivity contribution in [2.24, 2.45) is 0 Å². The van der Waals surface area contributed by atoms with E-state index in [0.29, 0.717) is 33.3 Å². The molecule has 3 aromatic rings. The number of anilines is 2. The number of nitrogens with one attached hydrogen (secondary N) is 3. The van der Waals surface area contributed by atoms with Crippen LogP contribution in [-0.2, 0) is 16.0 Å². The number of hydrogen-bond acceptors (Lipinski definition) is 3. The summed E-state index contributed by atoms with van der Waals surface area (Å²) in [5.74, 6) is -0.925. The van der Waals surface area contributed by atoms with Gasteiger partial charge in [-0.3, -0.25) is 19.5 Å². The summed E-state index contributed by atoms with van der Waals surface area (Å²) in [4.78, 5) is 36.1. The molecule has 1 aromatic heterocycles. The van der Waals surface area contributed by atoms with Crippen molar-refractivity contribution in [2.75, 3.05) is 10.6 Å². The van der Waals surface area contributed by atoms with Crippen molar-refractivity contribution in [3.63, 3.8) is 0 Å². The number of rotatable bonds is 6. The lowest BCUT2D eigenvalue weighted by atomic mass is 10.1. The molecule has 2 aromatic carbocycles. The predicted octanol–water partition coefficient (Wildman–Crippen LogP) is 3.80. The normalized spacial score (nSPS) is 10.7. The van der Waals surface area contributed by atoms with E-state index in [0.717, 1.165) is 0 Å². The molecule has 0 bridgehead atoms. The van der Waals surface area contributed by atoms with E-state index in [1.54, 1.807) is 19.1 Å². The molecule has 0 fully saturated rings. The third kappa shape index (κ3) is 4.96. The Bertz CT molecular complexity index is 1150. The highest BCUT2D eigenvalue weighted by atomic mass is 35.5. The minimum Gasteiger partial charge on any atom is -0.326 e. The highest BCUT2D eigenvalue weighted by molar-refractivity contribution is 6.34. The van der Waals surface area contributed by atoms with Gasteiger partial charge in [0, 0.05) is 30.3 Å². The smallest absolute Gasteiger partial charge is 0.274 e. The number of amides is 2. The van der Waals surface area contributed by atoms with Crippen molar-refractivity contribution in [1.82, 2.24) is 9.78 Å². The number of aryl methyl sites for hydroxylation is 1. The largest absolute Gasteiger partial charge is 0.326 e. The van der Waals surface area contributed by atoms with Gasteiger partial charge in [0.05, 0.1) is 16.4 Å². The van der Waals surface area contributed by atoms with Crippen LogP contribution in [0.25, 0.3) is 5.69 Å². The molecule has 9 heteroatoms. The van der Waals surface area contributed by atoms with Crippen LogP contribution in [0.15, 0.2) is 47.3 Å². The van der Waals surface area contributed by atoms with Crippen LogP contribution in [0.2, 0.25) is 5.02 Å². The van der Waals surface area contributed by atoms with Gasteiger partial charge in [-0.25, -0.2) is 9.07 Å². The zero-order valence-corrected chi connectivity index (χ0v) is 17.1. The molecule has 3 N–H and O–H groups in total. The van der Waals surface area contributed by atoms with Crippen LogP contribution < -0.4 is 16.2 Å². The summed E-state index contributed by atoms with van der Waals surface area (Å²) in [5, 5.41) is 8.55. The number of halogens is 2. The van der Waals surface area contributed by atoms with Crippen LogP contribution in [0.3, 0.4) is 0 Å². The maximum absolute atomic E-state index is 13.1. The molecule has 30 heavy (non-hydrogen) atoms. The second kappa shape index (κ2) is 8.96. The summed E-state index contributed by atoms with van der Waals surface area (Å²) >= 11 is 6.10. The summed E-state index contributed by atoms with van der Waals surface area (Å²) in [6, 6.07) is 10.3. The fraction of sp³-hybridized carbons (Fsp3) is 0.190. The van der Waals surface area contributed by atoms with Crippen LogP contribution in [0.4, 0.5) is 15.8 Å². The lowest BCUT2D eigenvalue weighted by Gasteiger charge is -2.09. The molecular weight excluding hydrogens is 411 g/mol. The topological polar surface area (TPSA) is 96.0 Å². The van der Waals surface area contributed by atoms with Gasteiger partial charge in [0.2, 0.25) is 11.8 Å². The number of benzene rings is 2. The predicted molar refractivity (Wildman–Crippen MR) is 114 cm³/mol. The number of carbonyl (C=O) groups is 2. The summed E-state index contributed by atoms with van der Waals surface area (Å²) in [7, 11) is 0. The van der Waals surface area contributed by atoms with Gasteiger partial charge >= 0.3 is 0 Å². The fourth-order valence-electron chi connectivity index (χ4n) is 2.99. The van der Waals surface area contributed by atoms with Gasteiger partial charge in [-0.05, 0) is 55.8 Å². The molecule has 0 radical (unpaired) electrons. The molecular formula is C21H20ClFN4O3. The van der Waals surface area contributed by atoms with Crippen molar-refractivity contribution in [2.45, 2.75) is 26.7 Å². The highest BCUT2D eigenvalue weighted by Crippen LogP contribution is 2.25. The first-order chi connectivity index (χ1) is 14.2. The molecule has 0 aliphatic heterocycles. The second-order valence-corrected chi connectivity index (χ2v) is 7.16. The Kier molecular flexibility index (Phi) is 6.37. The molecule has 0 unspecified atom stereocenters. The quantitative estimate of drug-likeness (QED) is 0.555. The van der Waals surface area contributed by atoms with E-state index in [9.17, 15) is 18.8 Å². The Morgan fingerprint density at radius 1 is 1.13 bits per heavy atom. The van der Waals surface area contributed by atoms with Crippen LogP contribution in [0.5, 0.6) is 0 Å². The van der Waals surface area contributed by atoms with Gasteiger partial charge in [0.15, 0.2) is 0 Å². The maximum atomic E-state index is 13.1. The molecule has 2 amide bonds. The average molecular weight is 431 g/mol. The molecule has 0 aliphatic rings. The van der Waals surface area contributed by atoms with Crippen molar-refractivity contribution in [1.29, 1.82) is 0 Å². The van der Waals surface area contributed by atoms with Gasteiger partial charge in [0.1, 0.15) is 5.82 Å². The molecule has 1 heterocycles. The molecule has 0 atom stereocenters. The Morgan fingerprint density at radius 3 is 2.47 bits per heavy atom. The Labute approximate surface area is 176 Å². The fourth-order valence-corrected chi connectivity index (χ4v) is 3.22. The monoisotopic (exact) mass is 430 g/mol. The molecule has 0 spiro atoms. The SMILES string of the molecule is CC(=O)Nc1ccc(NC(=O)CCc2c(C)[nH]n(-c3ccc(F)cc3)c2=O)cc1Cl. The van der Waals surface area contributed by atoms with Crippen molar-refractivity contribution >= 4 is 34.8 Å². The molecule has 0 aliphatic carbocycles. The lowest BCUT2D eigenvalue weighted by Crippen LogP contribution is -2.19. The van der Waals surface area contributed by atoms with E-state index in [4.69, 9.17) is 11.6 Å². The first-order valence-corrected chi connectivity index (χ1v) is 9.56. The van der Waals surface area contributed by atoms with Crippen LogP contribution in [-0.4, -0.2) is 21.6 Å². The van der Waals surface area contributed by atoms with Gasteiger partial charge in [-0.1, -0.05) is 11.6 Å². The van der Waals surface area contributed by atoms with Crippen LogP contribution in [0, 0.1) is 12.7 Å². The number of hydrogen-bond donors (Lipinski definition) is 3. The molecule has 0 saturated carbocycles.